The number of nitro benzene ring substituents is 1. The van der Waals surface area contributed by atoms with E-state index in [1.807, 2.05) is 0 Å². The molecular weight excluding hydrogens is 240 g/mol. The van der Waals surface area contributed by atoms with Gasteiger partial charge in [0.1, 0.15) is 0 Å². The van der Waals surface area contributed by atoms with Gasteiger partial charge in [-0.3, -0.25) is 14.9 Å². The van der Waals surface area contributed by atoms with Crippen LogP contribution in [0.15, 0.2) is 24.3 Å². The van der Waals surface area contributed by atoms with Crippen LogP contribution in [0.2, 0.25) is 0 Å². The number of likely N-dealkylation sites (tertiary alicyclic amines) is 1. The number of aliphatic hydroxyl groups is 2. The van der Waals surface area contributed by atoms with E-state index in [0.717, 1.165) is 0 Å². The van der Waals surface area contributed by atoms with Gasteiger partial charge in [-0.2, -0.15) is 0 Å². The molecule has 1 fully saturated rings. The Labute approximate surface area is 102 Å². The third-order valence-electron chi connectivity index (χ3n) is 2.87. The van der Waals surface area contributed by atoms with Gasteiger partial charge in [0.05, 0.1) is 17.1 Å². The molecule has 1 aromatic rings. The van der Waals surface area contributed by atoms with Gasteiger partial charge in [0.25, 0.3) is 11.6 Å². The minimum atomic E-state index is -0.938. The molecule has 2 rings (SSSR count). The number of nitrogens with zero attached hydrogens (tertiary/aromatic N) is 2. The standard InChI is InChI=1S/C11H12N2O5/c14-9-5-12(6-10(9)15)11(16)7-1-3-8(4-2-7)13(17)18/h1-4,9-10,14-15H,5-6H2/t9-,10+. The summed E-state index contributed by atoms with van der Waals surface area (Å²) in [6.07, 6.45) is -1.88. The van der Waals surface area contributed by atoms with E-state index in [2.05, 4.69) is 0 Å². The van der Waals surface area contributed by atoms with Gasteiger partial charge in [-0.1, -0.05) is 0 Å². The van der Waals surface area contributed by atoms with E-state index in [1.165, 1.54) is 29.2 Å². The first-order valence-corrected chi connectivity index (χ1v) is 5.39. The Morgan fingerprint density at radius 3 is 2.17 bits per heavy atom. The molecule has 96 valence electrons. The summed E-state index contributed by atoms with van der Waals surface area (Å²) in [5.41, 5.74) is 0.204. The minimum Gasteiger partial charge on any atom is -0.388 e. The fourth-order valence-electron chi connectivity index (χ4n) is 1.84. The van der Waals surface area contributed by atoms with E-state index >= 15 is 0 Å². The highest BCUT2D eigenvalue weighted by molar-refractivity contribution is 5.94. The van der Waals surface area contributed by atoms with Crippen LogP contribution >= 0.6 is 0 Å². The quantitative estimate of drug-likeness (QED) is 0.559. The zero-order valence-electron chi connectivity index (χ0n) is 9.39. The van der Waals surface area contributed by atoms with Crippen LogP contribution in [0.4, 0.5) is 5.69 Å². The summed E-state index contributed by atoms with van der Waals surface area (Å²) in [5.74, 6) is -0.361. The molecule has 1 aliphatic rings. The third-order valence-corrected chi connectivity index (χ3v) is 2.87. The normalized spacial score (nSPS) is 23.1. The number of benzene rings is 1. The summed E-state index contributed by atoms with van der Waals surface area (Å²) in [4.78, 5) is 23.2. The maximum atomic E-state index is 12.0. The first-order valence-electron chi connectivity index (χ1n) is 5.39. The molecule has 0 aliphatic carbocycles. The molecule has 1 heterocycles. The Morgan fingerprint density at radius 2 is 1.72 bits per heavy atom. The first kappa shape index (κ1) is 12.5. The predicted molar refractivity (Wildman–Crippen MR) is 61.0 cm³/mol. The average molecular weight is 252 g/mol. The molecule has 0 aromatic heterocycles. The summed E-state index contributed by atoms with van der Waals surface area (Å²) in [5, 5.41) is 29.2. The Hall–Kier alpha value is -1.99. The minimum absolute atomic E-state index is 0.0665. The number of aliphatic hydroxyl groups excluding tert-OH is 2. The number of carbonyl (C=O) groups is 1. The molecule has 1 saturated heterocycles. The van der Waals surface area contributed by atoms with Crippen LogP contribution in [0.5, 0.6) is 0 Å². The maximum absolute atomic E-state index is 12.0. The lowest BCUT2D eigenvalue weighted by molar-refractivity contribution is -0.384. The highest BCUT2D eigenvalue weighted by Gasteiger charge is 2.32. The topological polar surface area (TPSA) is 104 Å². The van der Waals surface area contributed by atoms with Crippen molar-refractivity contribution in [3.05, 3.63) is 39.9 Å². The van der Waals surface area contributed by atoms with Gasteiger partial charge < -0.3 is 15.1 Å². The fourth-order valence-corrected chi connectivity index (χ4v) is 1.84. The van der Waals surface area contributed by atoms with Crippen molar-refractivity contribution in [3.8, 4) is 0 Å². The number of hydrogen-bond acceptors (Lipinski definition) is 5. The van der Waals surface area contributed by atoms with Crippen LogP contribution in [-0.4, -0.2) is 51.2 Å². The number of amides is 1. The molecule has 0 radical (unpaired) electrons. The molecule has 0 saturated carbocycles. The van der Waals surface area contributed by atoms with Crippen molar-refractivity contribution < 1.29 is 19.9 Å². The highest BCUT2D eigenvalue weighted by atomic mass is 16.6. The summed E-state index contributed by atoms with van der Waals surface area (Å²) in [6.45, 7) is 0.133. The van der Waals surface area contributed by atoms with E-state index in [9.17, 15) is 25.1 Å². The van der Waals surface area contributed by atoms with E-state index in [4.69, 9.17) is 0 Å². The van der Waals surface area contributed by atoms with Crippen LogP contribution in [0.1, 0.15) is 10.4 Å². The first-order chi connectivity index (χ1) is 8.49. The van der Waals surface area contributed by atoms with Crippen molar-refractivity contribution in [1.29, 1.82) is 0 Å². The molecule has 1 amide bonds. The molecule has 0 spiro atoms. The smallest absolute Gasteiger partial charge is 0.269 e. The van der Waals surface area contributed by atoms with Gasteiger partial charge in [-0.05, 0) is 12.1 Å². The fraction of sp³-hybridized carbons (Fsp3) is 0.364. The van der Waals surface area contributed by atoms with Crippen molar-refractivity contribution in [1.82, 2.24) is 4.90 Å². The highest BCUT2D eigenvalue weighted by Crippen LogP contribution is 2.17. The zero-order chi connectivity index (χ0) is 13.3. The second-order valence-corrected chi connectivity index (χ2v) is 4.15. The number of hydrogen-bond donors (Lipinski definition) is 2. The number of β-amino-alcohol motifs (C(OH)–C–C–N with tert-alkyl or cyclic N) is 2. The van der Waals surface area contributed by atoms with Gasteiger partial charge in [0.2, 0.25) is 0 Å². The van der Waals surface area contributed by atoms with E-state index in [1.54, 1.807) is 0 Å². The summed E-state index contributed by atoms with van der Waals surface area (Å²) in [6, 6.07) is 5.21. The molecule has 0 unspecified atom stereocenters. The summed E-state index contributed by atoms with van der Waals surface area (Å²) >= 11 is 0. The molecule has 18 heavy (non-hydrogen) atoms. The Kier molecular flexibility index (Phi) is 3.26. The lowest BCUT2D eigenvalue weighted by Gasteiger charge is -2.14. The van der Waals surface area contributed by atoms with Crippen molar-refractivity contribution in [3.63, 3.8) is 0 Å². The van der Waals surface area contributed by atoms with Crippen molar-refractivity contribution in [2.75, 3.05) is 13.1 Å². The molecule has 7 heteroatoms. The van der Waals surface area contributed by atoms with Gasteiger partial charge in [-0.15, -0.1) is 0 Å². The van der Waals surface area contributed by atoms with Crippen molar-refractivity contribution in [2.45, 2.75) is 12.2 Å². The van der Waals surface area contributed by atoms with Gasteiger partial charge in [-0.25, -0.2) is 0 Å². The second-order valence-electron chi connectivity index (χ2n) is 4.15. The number of nitro groups is 1. The molecule has 7 nitrogen and oxygen atoms in total. The largest absolute Gasteiger partial charge is 0.388 e. The molecule has 1 aliphatic heterocycles. The van der Waals surface area contributed by atoms with Crippen LogP contribution in [0.25, 0.3) is 0 Å². The molecule has 2 atom stereocenters. The maximum Gasteiger partial charge on any atom is 0.269 e. The SMILES string of the molecule is O=C(c1ccc([N+](=O)[O-])cc1)N1C[C@@H](O)[C@@H](O)C1. The van der Waals surface area contributed by atoms with Crippen LogP contribution in [-0.2, 0) is 0 Å². The average Bonchev–Trinajstić information content (AvgIpc) is 2.69. The molecule has 1 aromatic carbocycles. The number of non-ortho nitro benzene ring substituents is 1. The van der Waals surface area contributed by atoms with E-state index in [-0.39, 0.29) is 24.7 Å². The molecular formula is C11H12N2O5. The van der Waals surface area contributed by atoms with Gasteiger partial charge in [0.15, 0.2) is 0 Å². The molecule has 2 N–H and O–H groups in total. The Balaban J connectivity index is 2.12. The predicted octanol–water partition coefficient (Wildman–Crippen LogP) is -0.228. The molecule has 0 bridgehead atoms. The van der Waals surface area contributed by atoms with E-state index in [0.29, 0.717) is 5.56 Å². The second kappa shape index (κ2) is 4.71. The van der Waals surface area contributed by atoms with Crippen molar-refractivity contribution in [2.24, 2.45) is 0 Å². The van der Waals surface area contributed by atoms with E-state index < -0.39 is 17.1 Å². The third kappa shape index (κ3) is 2.31. The van der Waals surface area contributed by atoms with Crippen molar-refractivity contribution >= 4 is 11.6 Å². The van der Waals surface area contributed by atoms with Crippen LogP contribution < -0.4 is 0 Å². The Morgan fingerprint density at radius 1 is 1.22 bits per heavy atom. The van der Waals surface area contributed by atoms with Gasteiger partial charge >= 0.3 is 0 Å². The van der Waals surface area contributed by atoms with Crippen LogP contribution in [0.3, 0.4) is 0 Å². The number of carbonyl (C=O) groups excluding carboxylic acids is 1. The van der Waals surface area contributed by atoms with Gasteiger partial charge in [0, 0.05) is 30.8 Å². The lowest BCUT2D eigenvalue weighted by atomic mass is 10.2. The Bertz CT molecular complexity index is 463. The van der Waals surface area contributed by atoms with Crippen LogP contribution in [0, 0.1) is 10.1 Å². The number of rotatable bonds is 2. The lowest BCUT2D eigenvalue weighted by Crippen LogP contribution is -2.29. The zero-order valence-corrected chi connectivity index (χ0v) is 9.39. The monoisotopic (exact) mass is 252 g/mol. The summed E-state index contributed by atoms with van der Waals surface area (Å²) in [7, 11) is 0. The summed E-state index contributed by atoms with van der Waals surface area (Å²) < 4.78 is 0.